The van der Waals surface area contributed by atoms with Crippen LogP contribution < -0.4 is 14.2 Å². The van der Waals surface area contributed by atoms with E-state index >= 15 is 0 Å². The molecule has 0 bridgehead atoms. The minimum absolute atomic E-state index is 0.160. The van der Waals surface area contributed by atoms with Crippen LogP contribution in [0.1, 0.15) is 74.9 Å². The molecule has 62 heavy (non-hydrogen) atoms. The molecule has 1 N–H and O–H groups in total. The van der Waals surface area contributed by atoms with E-state index in [9.17, 15) is 27.9 Å². The number of benzene rings is 3. The lowest BCUT2D eigenvalue weighted by Gasteiger charge is -2.26. The third-order valence-corrected chi connectivity index (χ3v) is 11.5. The van der Waals surface area contributed by atoms with E-state index in [2.05, 4.69) is 52.9 Å². The van der Waals surface area contributed by atoms with Gasteiger partial charge in [0.15, 0.2) is 0 Å². The summed E-state index contributed by atoms with van der Waals surface area (Å²) in [5.74, 6) is 0.475. The number of aliphatic hydroxyl groups is 1. The zero-order valence-electron chi connectivity index (χ0n) is 37.1. The molecule has 4 rings (SSSR count). The summed E-state index contributed by atoms with van der Waals surface area (Å²) in [4.78, 5) is 36.0. The summed E-state index contributed by atoms with van der Waals surface area (Å²) >= 11 is 10.2. The Kier molecular flexibility index (Phi) is 20.1. The maximum atomic E-state index is 12.1. The van der Waals surface area contributed by atoms with Crippen molar-refractivity contribution in [1.29, 1.82) is 0 Å². The molecule has 3 aromatic carbocycles. The molecular weight excluding hydrogens is 1020 g/mol. The topological polar surface area (TPSA) is 188 Å². The van der Waals surface area contributed by atoms with E-state index in [1.807, 2.05) is 38.2 Å². The van der Waals surface area contributed by atoms with Crippen molar-refractivity contribution in [2.45, 2.75) is 77.5 Å². The van der Waals surface area contributed by atoms with Crippen LogP contribution in [0.15, 0.2) is 68.3 Å². The summed E-state index contributed by atoms with van der Waals surface area (Å²) in [7, 11) is 5.02. The van der Waals surface area contributed by atoms with Crippen molar-refractivity contribution in [2.24, 2.45) is 0 Å². The molecule has 0 atom stereocenters. The predicted molar refractivity (Wildman–Crippen MR) is 244 cm³/mol. The number of rotatable bonds is 15. The molecule has 342 valence electrons. The minimum Gasteiger partial charge on any atom is -0.496 e. The summed E-state index contributed by atoms with van der Waals surface area (Å²) in [6.07, 6.45) is 4.58. The van der Waals surface area contributed by atoms with Crippen LogP contribution in [0.2, 0.25) is 0 Å². The van der Waals surface area contributed by atoms with Gasteiger partial charge in [0.25, 0.3) is 10.1 Å². The predicted octanol–water partition coefficient (Wildman–Crippen LogP) is 7.94. The van der Waals surface area contributed by atoms with Crippen molar-refractivity contribution < 1.29 is 60.5 Å². The monoisotopic (exact) mass is 1080 g/mol. The van der Waals surface area contributed by atoms with Gasteiger partial charge in [0.05, 0.1) is 84.9 Å². The fraction of sp³-hybridized carbons (Fsp3) is 0.442. The molecule has 4 aromatic rings. The lowest BCUT2D eigenvalue weighted by molar-refractivity contribution is -0.147. The lowest BCUT2D eigenvalue weighted by atomic mass is 9.83. The molecule has 0 radical (unpaired) electrons. The van der Waals surface area contributed by atoms with Crippen LogP contribution in [0.5, 0.6) is 17.2 Å². The van der Waals surface area contributed by atoms with Gasteiger partial charge in [0.1, 0.15) is 17.2 Å². The molecule has 1 aromatic heterocycles. The molecule has 0 saturated carbocycles. The normalized spacial score (nSPS) is 11.6. The molecule has 0 spiro atoms. The highest BCUT2D eigenvalue weighted by molar-refractivity contribution is 9.11. The van der Waals surface area contributed by atoms with Gasteiger partial charge in [-0.05, 0) is 84.0 Å². The summed E-state index contributed by atoms with van der Waals surface area (Å²) in [5, 5.41) is 13.6. The number of methoxy groups -OCH3 is 6. The summed E-state index contributed by atoms with van der Waals surface area (Å²) in [6, 6.07) is 12.7. The molecule has 15 nitrogen and oxygen atoms in total. The smallest absolute Gasteiger partial charge is 0.315 e. The Bertz CT molecular complexity index is 2300. The van der Waals surface area contributed by atoms with Crippen LogP contribution in [0.3, 0.4) is 0 Å². The standard InChI is InChI=1S/C16H19BrN2O3.C14H19BrO6S.C13H17BrO4/c1-16(2,15(20)22-4)13-9-12(17)8-11(14(13)21-3)10-19-7-5-6-18-19;1-14(2,13(16)20-4)11-7-10(15)6-9(12(11)19-3)8-21-22(5,17)18;1-13(2,12(16)18-4)10-6-9(14)5-8(7-15)11(10)17-3/h5-9H,10H2,1-4H3;6-7H,8H2,1-5H3;5-6,15H,7H2,1-4H3. The Morgan fingerprint density at radius 3 is 1.31 bits per heavy atom. The van der Waals surface area contributed by atoms with E-state index in [0.717, 1.165) is 26.3 Å². The van der Waals surface area contributed by atoms with Crippen LogP contribution in [0.4, 0.5) is 0 Å². The van der Waals surface area contributed by atoms with E-state index in [1.54, 1.807) is 69.9 Å². The van der Waals surface area contributed by atoms with Crippen molar-refractivity contribution in [3.63, 3.8) is 0 Å². The van der Waals surface area contributed by atoms with Crippen molar-refractivity contribution in [2.75, 3.05) is 48.9 Å². The first kappa shape index (κ1) is 54.1. The van der Waals surface area contributed by atoms with E-state index < -0.39 is 32.3 Å². The fourth-order valence-corrected chi connectivity index (χ4v) is 8.10. The first-order chi connectivity index (χ1) is 28.8. The number of hydrogen-bond acceptors (Lipinski definition) is 14. The van der Waals surface area contributed by atoms with Gasteiger partial charge in [-0.1, -0.05) is 47.8 Å². The number of halogens is 3. The number of esters is 3. The highest BCUT2D eigenvalue weighted by Crippen LogP contribution is 2.40. The lowest BCUT2D eigenvalue weighted by Crippen LogP contribution is -2.31. The third-order valence-electron chi connectivity index (χ3n) is 9.60. The molecule has 0 fully saturated rings. The van der Waals surface area contributed by atoms with E-state index in [-0.39, 0.29) is 25.2 Å². The van der Waals surface area contributed by atoms with Crippen molar-refractivity contribution in [3.8, 4) is 17.2 Å². The number of carbonyl (C=O) groups is 3. The highest BCUT2D eigenvalue weighted by Gasteiger charge is 2.37. The maximum absolute atomic E-state index is 12.1. The minimum atomic E-state index is -3.59. The molecule has 0 saturated heterocycles. The molecule has 1 heterocycles. The zero-order valence-corrected chi connectivity index (χ0v) is 42.7. The molecular formula is C43H55Br3N2O13S. The van der Waals surface area contributed by atoms with E-state index in [4.69, 9.17) is 32.6 Å². The Balaban J connectivity index is 0.000000322. The van der Waals surface area contributed by atoms with Crippen molar-refractivity contribution in [1.82, 2.24) is 9.78 Å². The van der Waals surface area contributed by atoms with Crippen LogP contribution in [0.25, 0.3) is 0 Å². The SMILES string of the molecule is COC(=O)C(C)(C)c1cc(Br)cc(CO)c1OC.COC(=O)C(C)(C)c1cc(Br)cc(COS(C)(=O)=O)c1OC.COC(=O)C(C)(C)c1cc(Br)cc(Cn2cccn2)c1OC. The maximum Gasteiger partial charge on any atom is 0.315 e. The summed E-state index contributed by atoms with van der Waals surface area (Å²) in [5.41, 5.74) is 1.46. The van der Waals surface area contributed by atoms with Gasteiger partial charge >= 0.3 is 17.9 Å². The number of carbonyl (C=O) groups excluding carboxylic acids is 3. The Morgan fingerprint density at radius 1 is 0.629 bits per heavy atom. The molecule has 0 aliphatic heterocycles. The van der Waals surface area contributed by atoms with Gasteiger partial charge in [0, 0.05) is 59.2 Å². The van der Waals surface area contributed by atoms with Gasteiger partial charge in [-0.15, -0.1) is 0 Å². The third kappa shape index (κ3) is 13.7. The number of aromatic nitrogens is 2. The summed E-state index contributed by atoms with van der Waals surface area (Å²) < 4.78 is 62.2. The van der Waals surface area contributed by atoms with Gasteiger partial charge in [-0.2, -0.15) is 13.5 Å². The van der Waals surface area contributed by atoms with Gasteiger partial charge in [-0.3, -0.25) is 23.2 Å². The van der Waals surface area contributed by atoms with Gasteiger partial charge in [-0.25, -0.2) is 0 Å². The molecule has 0 unspecified atom stereocenters. The van der Waals surface area contributed by atoms with Gasteiger partial charge in [0.2, 0.25) is 0 Å². The average Bonchev–Trinajstić information content (AvgIpc) is 3.74. The van der Waals surface area contributed by atoms with E-state index in [0.29, 0.717) is 50.5 Å². The number of aliphatic hydroxyl groups excluding tert-OH is 1. The summed E-state index contributed by atoms with van der Waals surface area (Å²) in [6.45, 7) is 10.8. The van der Waals surface area contributed by atoms with E-state index in [1.165, 1.54) is 35.5 Å². The van der Waals surface area contributed by atoms with Crippen LogP contribution in [-0.4, -0.2) is 90.1 Å². The zero-order chi connectivity index (χ0) is 47.4. The first-order valence-electron chi connectivity index (χ1n) is 18.6. The van der Waals surface area contributed by atoms with Gasteiger partial charge < -0.3 is 33.5 Å². The largest absolute Gasteiger partial charge is 0.496 e. The van der Waals surface area contributed by atoms with Crippen molar-refractivity contribution >= 4 is 75.8 Å². The molecule has 0 aliphatic carbocycles. The molecule has 0 aliphatic rings. The average molecular weight is 1080 g/mol. The van der Waals surface area contributed by atoms with Crippen LogP contribution in [-0.2, 0) is 78.9 Å². The Labute approximate surface area is 389 Å². The Hall–Kier alpha value is -4.01. The van der Waals surface area contributed by atoms with Crippen molar-refractivity contribution in [3.05, 3.63) is 102 Å². The number of hydrogen-bond donors (Lipinski definition) is 1. The first-order valence-corrected chi connectivity index (χ1v) is 22.8. The highest BCUT2D eigenvalue weighted by atomic mass is 79.9. The quantitative estimate of drug-likeness (QED) is 0.0687. The Morgan fingerprint density at radius 2 is 0.984 bits per heavy atom. The molecule has 0 amide bonds. The number of nitrogens with zero attached hydrogens (tertiary/aromatic N) is 2. The molecule has 19 heteroatoms. The fourth-order valence-electron chi connectivity index (χ4n) is 6.24. The second-order valence-electron chi connectivity index (χ2n) is 15.1. The second-order valence-corrected chi connectivity index (χ2v) is 19.5. The second kappa shape index (κ2) is 23.1. The van der Waals surface area contributed by atoms with Crippen LogP contribution in [0, 0.1) is 0 Å². The van der Waals surface area contributed by atoms with Crippen LogP contribution >= 0.6 is 47.8 Å². The number of ether oxygens (including phenoxy) is 6.